The van der Waals surface area contributed by atoms with E-state index in [1.807, 2.05) is 30.6 Å². The molecule has 3 aliphatic rings. The Morgan fingerprint density at radius 1 is 0.614 bits per heavy atom. The molecule has 27 heteroatoms. The number of nitrogens with zero attached hydrogens (tertiary/aromatic N) is 9. The Morgan fingerprint density at radius 2 is 1.14 bits per heavy atom. The molecular formula is C56H81N9O18. The van der Waals surface area contributed by atoms with Gasteiger partial charge in [-0.05, 0) is 43.5 Å². The quantitative estimate of drug-likeness (QED) is 0.0455. The number of hydrogen-bond donors (Lipinski definition) is 0. The summed E-state index contributed by atoms with van der Waals surface area (Å²) in [7, 11) is 1.63. The number of fused-ring (bicyclic) bond motifs is 1. The van der Waals surface area contributed by atoms with Gasteiger partial charge in [0.15, 0.2) is 0 Å². The standard InChI is InChI=1S/C32H38N8O5.C24H43NO13/c1-2-13-43-15-17-45-18-16-44-14-12-39-23-28(36-37-39)24-5-6-27-25(19-24)21-34-31(35-27)38-10-7-32(8-11-38)20-29(41)40(30(32)42)26-4-3-9-33-22-26;1-29-6-7-31-10-11-33-14-15-35-18-19-37-21-20-36-17-16-34-13-12-32-9-8-30-5-4-24(28)38-25-22(26)2-3-23(25)27/h3-6,9,19,21-23H,2,7-8,10-18,20H2,1H3;2-21H2,1H3. The van der Waals surface area contributed by atoms with Crippen molar-refractivity contribution in [2.45, 2.75) is 58.4 Å². The molecule has 458 valence electrons. The van der Waals surface area contributed by atoms with Crippen molar-refractivity contribution in [2.75, 3.05) is 182 Å². The molecule has 1 aromatic carbocycles. The molecule has 3 aliphatic heterocycles. The van der Waals surface area contributed by atoms with Crippen LogP contribution >= 0.6 is 0 Å². The summed E-state index contributed by atoms with van der Waals surface area (Å²) in [5, 5.41) is 9.98. The molecule has 0 atom stereocenters. The summed E-state index contributed by atoms with van der Waals surface area (Å²) in [6.45, 7) is 15.0. The number of ether oxygens (including phenoxy) is 12. The smallest absolute Gasteiger partial charge is 0.335 e. The summed E-state index contributed by atoms with van der Waals surface area (Å²) in [5.74, 6) is -1.39. The lowest BCUT2D eigenvalue weighted by molar-refractivity contribution is -0.198. The maximum Gasteiger partial charge on any atom is 0.335 e. The minimum Gasteiger partial charge on any atom is -0.382 e. The second-order valence-corrected chi connectivity index (χ2v) is 19.0. The van der Waals surface area contributed by atoms with E-state index in [4.69, 9.17) is 66.7 Å². The fourth-order valence-corrected chi connectivity index (χ4v) is 8.53. The highest BCUT2D eigenvalue weighted by Gasteiger charge is 2.53. The molecule has 27 nitrogen and oxygen atoms in total. The zero-order valence-corrected chi connectivity index (χ0v) is 47.9. The Hall–Kier alpha value is -6.08. The van der Waals surface area contributed by atoms with Gasteiger partial charge < -0.3 is 66.6 Å². The van der Waals surface area contributed by atoms with Crippen molar-refractivity contribution in [2.24, 2.45) is 5.41 Å². The van der Waals surface area contributed by atoms with Gasteiger partial charge >= 0.3 is 5.97 Å². The van der Waals surface area contributed by atoms with E-state index in [1.165, 1.54) is 4.90 Å². The summed E-state index contributed by atoms with van der Waals surface area (Å²) >= 11 is 0. The first-order chi connectivity index (χ1) is 40.7. The fraction of sp³-hybridized carbons (Fsp3) is 0.643. The van der Waals surface area contributed by atoms with Crippen LogP contribution in [0, 0.1) is 5.41 Å². The molecule has 7 rings (SSSR count). The normalized spacial score (nSPS) is 15.1. The molecule has 4 amide bonds. The van der Waals surface area contributed by atoms with Gasteiger partial charge in [-0.3, -0.25) is 24.2 Å². The van der Waals surface area contributed by atoms with Crippen LogP contribution in [-0.4, -0.2) is 237 Å². The highest BCUT2D eigenvalue weighted by molar-refractivity contribution is 6.22. The van der Waals surface area contributed by atoms with E-state index in [-0.39, 0.29) is 44.1 Å². The number of anilines is 2. The van der Waals surface area contributed by atoms with E-state index in [2.05, 4.69) is 32.1 Å². The van der Waals surface area contributed by atoms with E-state index in [0.29, 0.717) is 188 Å². The van der Waals surface area contributed by atoms with Gasteiger partial charge in [-0.2, -0.15) is 0 Å². The molecule has 6 heterocycles. The summed E-state index contributed by atoms with van der Waals surface area (Å²) < 4.78 is 66.1. The number of imide groups is 2. The lowest BCUT2D eigenvalue weighted by Crippen LogP contribution is -2.45. The van der Waals surface area contributed by atoms with Crippen LogP contribution in [0.2, 0.25) is 0 Å². The van der Waals surface area contributed by atoms with Crippen LogP contribution in [0.4, 0.5) is 11.6 Å². The highest BCUT2D eigenvalue weighted by Crippen LogP contribution is 2.44. The molecule has 1 spiro atoms. The van der Waals surface area contributed by atoms with Crippen molar-refractivity contribution >= 4 is 52.1 Å². The second-order valence-electron chi connectivity index (χ2n) is 19.0. The van der Waals surface area contributed by atoms with Crippen LogP contribution in [0.3, 0.4) is 0 Å². The van der Waals surface area contributed by atoms with Crippen molar-refractivity contribution in [3.05, 3.63) is 55.1 Å². The molecule has 3 saturated heterocycles. The second kappa shape index (κ2) is 38.7. The van der Waals surface area contributed by atoms with Gasteiger partial charge in [0, 0.05) is 69.4 Å². The number of carbonyl (C=O) groups is 5. The highest BCUT2D eigenvalue weighted by atomic mass is 16.7. The Morgan fingerprint density at radius 3 is 1.67 bits per heavy atom. The van der Waals surface area contributed by atoms with E-state index in [0.717, 1.165) is 35.2 Å². The number of hydrogen-bond acceptors (Lipinski definition) is 24. The third-order valence-electron chi connectivity index (χ3n) is 12.9. The topological polar surface area (TPSA) is 284 Å². The van der Waals surface area contributed by atoms with E-state index in [9.17, 15) is 24.0 Å². The maximum absolute atomic E-state index is 13.4. The Balaban J connectivity index is 0.000000272. The SMILES string of the molecule is CCCOCCOCCOCCn1cc(-c2ccc3nc(N4CCC5(CC4)CC(=O)N(c4cccnc4)C5=O)ncc3c2)nn1.COCCOCCOCCOCCOCCOCCOCCOCCOCCC(=O)ON1C(=O)CCC1=O. The van der Waals surface area contributed by atoms with E-state index >= 15 is 0 Å². The Labute approximate surface area is 483 Å². The van der Waals surface area contributed by atoms with Crippen molar-refractivity contribution in [1.29, 1.82) is 0 Å². The number of carbonyl (C=O) groups excluding carboxylic acids is 5. The number of pyridine rings is 1. The number of hydroxylamine groups is 2. The fourth-order valence-electron chi connectivity index (χ4n) is 8.53. The number of piperidine rings is 1. The van der Waals surface area contributed by atoms with Crippen molar-refractivity contribution < 1.29 is 85.7 Å². The number of amides is 4. The van der Waals surface area contributed by atoms with Crippen LogP contribution < -0.4 is 9.80 Å². The summed E-state index contributed by atoms with van der Waals surface area (Å²) in [6, 6.07) is 9.42. The van der Waals surface area contributed by atoms with Crippen LogP contribution in [0.5, 0.6) is 0 Å². The van der Waals surface area contributed by atoms with Gasteiger partial charge in [-0.25, -0.2) is 24.3 Å². The van der Waals surface area contributed by atoms with Gasteiger partial charge in [0.25, 0.3) is 11.8 Å². The van der Waals surface area contributed by atoms with Crippen molar-refractivity contribution in [3.8, 4) is 11.3 Å². The number of benzene rings is 1. The molecule has 0 N–H and O–H groups in total. The zero-order valence-electron chi connectivity index (χ0n) is 47.9. The van der Waals surface area contributed by atoms with Crippen LogP contribution in [0.25, 0.3) is 22.2 Å². The Bertz CT molecular complexity index is 2510. The van der Waals surface area contributed by atoms with Crippen LogP contribution in [0.1, 0.15) is 51.9 Å². The first-order valence-corrected chi connectivity index (χ1v) is 28.3. The van der Waals surface area contributed by atoms with Gasteiger partial charge in [-0.15, -0.1) is 10.2 Å². The largest absolute Gasteiger partial charge is 0.382 e. The molecule has 0 bridgehead atoms. The summed E-state index contributed by atoms with van der Waals surface area (Å²) in [5.41, 5.74) is 2.35. The van der Waals surface area contributed by atoms with Gasteiger partial charge in [0.05, 0.1) is 187 Å². The molecule has 3 aromatic heterocycles. The monoisotopic (exact) mass is 1170 g/mol. The van der Waals surface area contributed by atoms with E-state index in [1.54, 1.807) is 36.3 Å². The van der Waals surface area contributed by atoms with Gasteiger partial charge in [0.1, 0.15) is 5.69 Å². The predicted octanol–water partition coefficient (Wildman–Crippen LogP) is 3.06. The van der Waals surface area contributed by atoms with Crippen molar-refractivity contribution in [1.82, 2.24) is 35.0 Å². The minimum absolute atomic E-state index is 0.0635. The number of methoxy groups -OCH3 is 1. The molecule has 0 saturated carbocycles. The molecule has 3 fully saturated rings. The molecule has 83 heavy (non-hydrogen) atoms. The third kappa shape index (κ3) is 23.5. The maximum atomic E-state index is 13.4. The molecule has 0 radical (unpaired) electrons. The lowest BCUT2D eigenvalue weighted by atomic mass is 9.77. The van der Waals surface area contributed by atoms with Gasteiger partial charge in [-0.1, -0.05) is 18.2 Å². The zero-order chi connectivity index (χ0) is 58.6. The average molecular weight is 1170 g/mol. The summed E-state index contributed by atoms with van der Waals surface area (Å²) in [4.78, 5) is 82.2. The van der Waals surface area contributed by atoms with Crippen LogP contribution in [0.15, 0.2) is 55.1 Å². The Kier molecular flexibility index (Phi) is 30.8. The first-order valence-electron chi connectivity index (χ1n) is 28.3. The molecule has 0 aliphatic carbocycles. The minimum atomic E-state index is -0.695. The predicted molar refractivity (Wildman–Crippen MR) is 297 cm³/mol. The number of aromatic nitrogens is 6. The molecular weight excluding hydrogens is 1090 g/mol. The van der Waals surface area contributed by atoms with Crippen molar-refractivity contribution in [3.63, 3.8) is 0 Å². The van der Waals surface area contributed by atoms with Crippen LogP contribution in [-0.2, 0) is 92.2 Å². The average Bonchev–Trinajstić information content (AvgIpc) is 4.38. The lowest BCUT2D eigenvalue weighted by Gasteiger charge is -2.37. The summed E-state index contributed by atoms with van der Waals surface area (Å²) in [6.07, 6.45) is 9.32. The first kappa shape index (κ1) is 66.1. The molecule has 4 aromatic rings. The van der Waals surface area contributed by atoms with Gasteiger partial charge in [0.2, 0.25) is 17.8 Å². The molecule has 0 unspecified atom stereocenters. The van der Waals surface area contributed by atoms with E-state index < -0.39 is 23.2 Å². The third-order valence-corrected chi connectivity index (χ3v) is 12.9. The number of rotatable bonds is 42.